The summed E-state index contributed by atoms with van der Waals surface area (Å²) in [5.41, 5.74) is 2.01. The summed E-state index contributed by atoms with van der Waals surface area (Å²) in [6.45, 7) is 3.99. The topological polar surface area (TPSA) is 105 Å². The highest BCUT2D eigenvalue weighted by molar-refractivity contribution is 6.10. The number of anilines is 2. The first-order chi connectivity index (χ1) is 15.9. The Bertz CT molecular complexity index is 1160. The average molecular weight is 447 g/mol. The number of carboxylic acid groups (broad SMARTS) is 1. The molecule has 3 N–H and O–H groups in total. The van der Waals surface area contributed by atoms with Crippen molar-refractivity contribution >= 4 is 29.2 Å². The van der Waals surface area contributed by atoms with Crippen LogP contribution in [0.4, 0.5) is 11.4 Å². The molecule has 0 aliphatic rings. The lowest BCUT2D eigenvalue weighted by Gasteiger charge is -2.16. The molecule has 0 aromatic heterocycles. The number of nitrogens with one attached hydrogen (secondary N) is 2. The Morgan fingerprint density at radius 2 is 1.67 bits per heavy atom. The Labute approximate surface area is 192 Å². The van der Waals surface area contributed by atoms with Crippen LogP contribution in [0.3, 0.4) is 0 Å². The first kappa shape index (κ1) is 23.5. The number of hydrogen-bond donors (Lipinski definition) is 3. The van der Waals surface area contributed by atoms with Crippen molar-refractivity contribution in [2.45, 2.75) is 26.2 Å². The fourth-order valence-corrected chi connectivity index (χ4v) is 3.29. The van der Waals surface area contributed by atoms with Gasteiger partial charge in [0.1, 0.15) is 5.75 Å². The normalized spacial score (nSPS) is 11.3. The highest BCUT2D eigenvalue weighted by Crippen LogP contribution is 2.28. The van der Waals surface area contributed by atoms with E-state index in [1.165, 1.54) is 12.1 Å². The summed E-state index contributed by atoms with van der Waals surface area (Å²) in [6, 6.07) is 20.1. The number of hydrogen-bond acceptors (Lipinski definition) is 4. The van der Waals surface area contributed by atoms with Crippen LogP contribution in [0.25, 0.3) is 0 Å². The molecule has 0 saturated heterocycles. The van der Waals surface area contributed by atoms with E-state index in [1.807, 2.05) is 24.3 Å². The molecule has 0 saturated carbocycles. The van der Waals surface area contributed by atoms with Gasteiger partial charge in [0, 0.05) is 5.69 Å². The molecule has 1 atom stereocenters. The molecular formula is C26H26N2O5. The van der Waals surface area contributed by atoms with Crippen LogP contribution in [0.2, 0.25) is 0 Å². The van der Waals surface area contributed by atoms with Crippen LogP contribution in [-0.2, 0) is 4.79 Å². The van der Waals surface area contributed by atoms with E-state index in [9.17, 15) is 14.4 Å². The van der Waals surface area contributed by atoms with Crippen molar-refractivity contribution in [1.82, 2.24) is 0 Å². The third-order valence-electron chi connectivity index (χ3n) is 5.23. The molecule has 3 aromatic rings. The van der Waals surface area contributed by atoms with Gasteiger partial charge in [-0.2, -0.15) is 0 Å². The minimum absolute atomic E-state index is 0.0595. The van der Waals surface area contributed by atoms with Crippen molar-refractivity contribution in [1.29, 1.82) is 0 Å². The lowest BCUT2D eigenvalue weighted by molar-refractivity contribution is -0.118. The molecule has 0 unspecified atom stereocenters. The molecular weight excluding hydrogens is 420 g/mol. The molecule has 0 aliphatic heterocycles. The Morgan fingerprint density at radius 3 is 2.42 bits per heavy atom. The third-order valence-corrected chi connectivity index (χ3v) is 5.23. The van der Waals surface area contributed by atoms with E-state index in [4.69, 9.17) is 9.84 Å². The molecule has 0 heterocycles. The van der Waals surface area contributed by atoms with E-state index in [0.29, 0.717) is 23.0 Å². The molecule has 170 valence electrons. The van der Waals surface area contributed by atoms with Gasteiger partial charge < -0.3 is 20.5 Å². The lowest BCUT2D eigenvalue weighted by atomic mass is 9.98. The smallest absolute Gasteiger partial charge is 0.335 e. The number of aromatic carboxylic acids is 1. The summed E-state index contributed by atoms with van der Waals surface area (Å²) in [5, 5.41) is 14.5. The summed E-state index contributed by atoms with van der Waals surface area (Å²) in [6.07, 6.45) is 0.949. The van der Waals surface area contributed by atoms with E-state index >= 15 is 0 Å². The SMILES string of the molecule is CC[C@H](C)c1ccccc1OCC(=O)Nc1ccccc1C(=O)Nc1cccc(C(=O)O)c1. The maximum Gasteiger partial charge on any atom is 0.335 e. The van der Waals surface area contributed by atoms with Gasteiger partial charge >= 0.3 is 5.97 Å². The third kappa shape index (κ3) is 6.20. The zero-order valence-electron chi connectivity index (χ0n) is 18.5. The van der Waals surface area contributed by atoms with Crippen LogP contribution in [-0.4, -0.2) is 29.5 Å². The zero-order chi connectivity index (χ0) is 23.8. The molecule has 0 radical (unpaired) electrons. The van der Waals surface area contributed by atoms with E-state index in [-0.39, 0.29) is 17.7 Å². The number of benzene rings is 3. The number of carbonyl (C=O) groups excluding carboxylic acids is 2. The molecule has 0 fully saturated rings. The summed E-state index contributed by atoms with van der Waals surface area (Å²) < 4.78 is 5.76. The van der Waals surface area contributed by atoms with Crippen LogP contribution < -0.4 is 15.4 Å². The molecule has 2 amide bonds. The Hall–Kier alpha value is -4.13. The molecule has 7 nitrogen and oxygen atoms in total. The van der Waals surface area contributed by atoms with Crippen molar-refractivity contribution in [3.63, 3.8) is 0 Å². The number of carboxylic acids is 1. The van der Waals surface area contributed by atoms with Crippen LogP contribution in [0.15, 0.2) is 72.8 Å². The lowest BCUT2D eigenvalue weighted by Crippen LogP contribution is -2.23. The van der Waals surface area contributed by atoms with Crippen molar-refractivity contribution < 1.29 is 24.2 Å². The van der Waals surface area contributed by atoms with Gasteiger partial charge in [-0.05, 0) is 54.3 Å². The first-order valence-electron chi connectivity index (χ1n) is 10.6. The maximum absolute atomic E-state index is 12.8. The molecule has 3 aromatic carbocycles. The summed E-state index contributed by atoms with van der Waals surface area (Å²) >= 11 is 0. The summed E-state index contributed by atoms with van der Waals surface area (Å²) in [5.74, 6) is -1.01. The standard InChI is InChI=1S/C26H26N2O5/c1-3-17(2)20-11-5-7-14-23(20)33-16-24(29)28-22-13-6-4-12-21(22)25(30)27-19-10-8-9-18(15-19)26(31)32/h4-15,17H,3,16H2,1-2H3,(H,27,30)(H,28,29)(H,31,32)/t17-/m0/s1. The van der Waals surface area contributed by atoms with Gasteiger partial charge in [0.05, 0.1) is 16.8 Å². The number of rotatable bonds is 9. The van der Waals surface area contributed by atoms with E-state index in [0.717, 1.165) is 12.0 Å². The predicted molar refractivity (Wildman–Crippen MR) is 127 cm³/mol. The van der Waals surface area contributed by atoms with Gasteiger partial charge in [-0.15, -0.1) is 0 Å². The van der Waals surface area contributed by atoms with Gasteiger partial charge in [-0.25, -0.2) is 4.79 Å². The predicted octanol–water partition coefficient (Wildman–Crippen LogP) is 5.17. The van der Waals surface area contributed by atoms with Crippen LogP contribution in [0.5, 0.6) is 5.75 Å². The molecule has 33 heavy (non-hydrogen) atoms. The molecule has 0 aliphatic carbocycles. The van der Waals surface area contributed by atoms with Gasteiger partial charge in [0.15, 0.2) is 6.61 Å². The Morgan fingerprint density at radius 1 is 0.939 bits per heavy atom. The highest BCUT2D eigenvalue weighted by Gasteiger charge is 2.16. The van der Waals surface area contributed by atoms with E-state index < -0.39 is 17.8 Å². The monoisotopic (exact) mass is 446 g/mol. The maximum atomic E-state index is 12.8. The summed E-state index contributed by atoms with van der Waals surface area (Å²) in [7, 11) is 0. The minimum Gasteiger partial charge on any atom is -0.483 e. The number of carbonyl (C=O) groups is 3. The molecule has 0 bridgehead atoms. The quantitative estimate of drug-likeness (QED) is 0.421. The van der Waals surface area contributed by atoms with Crippen LogP contribution in [0.1, 0.15) is 52.5 Å². The zero-order valence-corrected chi connectivity index (χ0v) is 18.5. The van der Waals surface area contributed by atoms with E-state index in [2.05, 4.69) is 24.5 Å². The van der Waals surface area contributed by atoms with Gasteiger partial charge in [-0.3, -0.25) is 9.59 Å². The number of amides is 2. The molecule has 7 heteroatoms. The first-order valence-corrected chi connectivity index (χ1v) is 10.6. The molecule has 0 spiro atoms. The minimum atomic E-state index is -1.09. The average Bonchev–Trinajstić information content (AvgIpc) is 2.83. The second kappa shape index (κ2) is 10.9. The highest BCUT2D eigenvalue weighted by atomic mass is 16.5. The van der Waals surface area contributed by atoms with Crippen LogP contribution in [0, 0.1) is 0 Å². The van der Waals surface area contributed by atoms with Crippen molar-refractivity contribution in [2.75, 3.05) is 17.2 Å². The second-order valence-corrected chi connectivity index (χ2v) is 7.57. The van der Waals surface area contributed by atoms with Crippen molar-refractivity contribution in [3.8, 4) is 5.75 Å². The number of ether oxygens (including phenoxy) is 1. The van der Waals surface area contributed by atoms with Gasteiger partial charge in [0.2, 0.25) is 0 Å². The van der Waals surface area contributed by atoms with Crippen LogP contribution >= 0.6 is 0 Å². The largest absolute Gasteiger partial charge is 0.483 e. The Kier molecular flexibility index (Phi) is 7.81. The summed E-state index contributed by atoms with van der Waals surface area (Å²) in [4.78, 5) is 36.5. The molecule has 3 rings (SSSR count). The second-order valence-electron chi connectivity index (χ2n) is 7.57. The van der Waals surface area contributed by atoms with Gasteiger partial charge in [0.25, 0.3) is 11.8 Å². The number of para-hydroxylation sites is 2. The van der Waals surface area contributed by atoms with Crippen molar-refractivity contribution in [3.05, 3.63) is 89.5 Å². The van der Waals surface area contributed by atoms with Crippen molar-refractivity contribution in [2.24, 2.45) is 0 Å². The van der Waals surface area contributed by atoms with E-state index in [1.54, 1.807) is 36.4 Å². The fourth-order valence-electron chi connectivity index (χ4n) is 3.29. The van der Waals surface area contributed by atoms with Gasteiger partial charge in [-0.1, -0.05) is 50.2 Å². The Balaban J connectivity index is 1.68. The fraction of sp³-hybridized carbons (Fsp3) is 0.192.